The van der Waals surface area contributed by atoms with Crippen LogP contribution in [0.15, 0.2) is 30.6 Å². The number of halogens is 2. The van der Waals surface area contributed by atoms with Gasteiger partial charge in [-0.25, -0.2) is 14.4 Å². The average Bonchev–Trinajstić information content (AvgIpc) is 2.90. The number of ether oxygens (including phenoxy) is 3. The summed E-state index contributed by atoms with van der Waals surface area (Å²) in [6.45, 7) is -0.905. The van der Waals surface area contributed by atoms with Crippen molar-refractivity contribution in [3.63, 3.8) is 0 Å². The van der Waals surface area contributed by atoms with Gasteiger partial charge in [0.1, 0.15) is 53.8 Å². The minimum absolute atomic E-state index is 0.0422. The summed E-state index contributed by atoms with van der Waals surface area (Å²) in [6, 6.07) is 6.00. The fraction of sp³-hybridized carbons (Fsp3) is 0.391. The first kappa shape index (κ1) is 27.6. The Kier molecular flexibility index (Phi) is 9.06. The lowest BCUT2D eigenvalue weighted by Gasteiger charge is -2.27. The Morgan fingerprint density at radius 1 is 0.917 bits per heavy atom. The quantitative estimate of drug-likeness (QED) is 0.214. The second-order valence-corrected chi connectivity index (χ2v) is 8.17. The molecule has 1 heterocycles. The van der Waals surface area contributed by atoms with Crippen LogP contribution in [0.5, 0.6) is 17.2 Å². The van der Waals surface area contributed by atoms with Crippen LogP contribution in [0.25, 0.3) is 10.9 Å². The highest BCUT2D eigenvalue weighted by atomic mass is 35.5. The zero-order valence-electron chi connectivity index (χ0n) is 19.6. The monoisotopic (exact) mass is 527 g/mol. The number of nitrogens with one attached hydrogen (secondary N) is 1. The predicted molar refractivity (Wildman–Crippen MR) is 129 cm³/mol. The molecule has 0 bridgehead atoms. The van der Waals surface area contributed by atoms with E-state index in [2.05, 4.69) is 15.3 Å². The van der Waals surface area contributed by atoms with E-state index < -0.39 is 37.2 Å². The number of hydrogen-bond acceptors (Lipinski definition) is 11. The molecule has 0 aliphatic carbocycles. The first-order valence-electron chi connectivity index (χ1n) is 10.6. The molecule has 196 valence electrons. The Labute approximate surface area is 210 Å². The van der Waals surface area contributed by atoms with Crippen LogP contribution in [-0.2, 0) is 0 Å². The summed E-state index contributed by atoms with van der Waals surface area (Å²) in [6.07, 6.45) is -9.18. The molecule has 0 amide bonds. The summed E-state index contributed by atoms with van der Waals surface area (Å²) >= 11 is 6.17. The summed E-state index contributed by atoms with van der Waals surface area (Å²) < 4.78 is 30.9. The summed E-state index contributed by atoms with van der Waals surface area (Å²) in [4.78, 5) is 8.42. The number of anilines is 2. The number of aliphatic hydroxyl groups is 5. The number of nitrogens with zero attached hydrogens (tertiary/aromatic N) is 2. The summed E-state index contributed by atoms with van der Waals surface area (Å²) in [5, 5.41) is 52.8. The SMILES string of the molecule is COc1cc(Nc2ncnc3cc(C(O)[C@@H](F)[C@H](O)[C@@H](O)[C@H](O)CO)c(OC)cc23)c(OC)cc1Cl. The molecule has 0 fully saturated rings. The average molecular weight is 528 g/mol. The van der Waals surface area contributed by atoms with Gasteiger partial charge in [-0.15, -0.1) is 0 Å². The van der Waals surface area contributed by atoms with Gasteiger partial charge in [0, 0.05) is 23.1 Å². The van der Waals surface area contributed by atoms with Crippen molar-refractivity contribution in [3.8, 4) is 17.2 Å². The number of alkyl halides is 1. The van der Waals surface area contributed by atoms with Crippen molar-refractivity contribution >= 4 is 34.0 Å². The molecule has 0 radical (unpaired) electrons. The van der Waals surface area contributed by atoms with E-state index in [9.17, 15) is 24.8 Å². The molecule has 0 aliphatic heterocycles. The Balaban J connectivity index is 2.02. The lowest BCUT2D eigenvalue weighted by atomic mass is 9.95. The van der Waals surface area contributed by atoms with Crippen molar-refractivity contribution in [3.05, 3.63) is 41.2 Å². The van der Waals surface area contributed by atoms with Gasteiger partial charge in [0.25, 0.3) is 0 Å². The molecule has 0 spiro atoms. The van der Waals surface area contributed by atoms with E-state index in [-0.39, 0.29) is 11.3 Å². The second kappa shape index (κ2) is 11.8. The largest absolute Gasteiger partial charge is 0.496 e. The van der Waals surface area contributed by atoms with Gasteiger partial charge in [0.15, 0.2) is 6.17 Å². The molecule has 3 rings (SSSR count). The van der Waals surface area contributed by atoms with Gasteiger partial charge >= 0.3 is 0 Å². The van der Waals surface area contributed by atoms with Gasteiger partial charge in [-0.3, -0.25) is 0 Å². The molecule has 2 aromatic carbocycles. The Bertz CT molecular complexity index is 1200. The minimum atomic E-state index is -2.43. The van der Waals surface area contributed by atoms with E-state index in [0.717, 1.165) is 0 Å². The van der Waals surface area contributed by atoms with Gasteiger partial charge < -0.3 is 45.1 Å². The molecule has 1 aromatic heterocycles. The Hall–Kier alpha value is -3.00. The van der Waals surface area contributed by atoms with E-state index in [1.165, 1.54) is 39.8 Å². The molecule has 13 heteroatoms. The number of aromatic nitrogens is 2. The van der Waals surface area contributed by atoms with E-state index in [1.807, 2.05) is 0 Å². The smallest absolute Gasteiger partial charge is 0.159 e. The second-order valence-electron chi connectivity index (χ2n) is 7.77. The summed E-state index contributed by atoms with van der Waals surface area (Å²) in [7, 11) is 4.24. The van der Waals surface area contributed by atoms with Crippen molar-refractivity contribution in [2.24, 2.45) is 0 Å². The van der Waals surface area contributed by atoms with Gasteiger partial charge in [-0.05, 0) is 12.1 Å². The first-order valence-corrected chi connectivity index (χ1v) is 11.0. The first-order chi connectivity index (χ1) is 17.2. The van der Waals surface area contributed by atoms with Gasteiger partial charge in [0.05, 0.1) is 44.2 Å². The molecular weight excluding hydrogens is 501 g/mol. The topological polar surface area (TPSA) is 167 Å². The maximum atomic E-state index is 14.9. The number of methoxy groups -OCH3 is 3. The fourth-order valence-electron chi connectivity index (χ4n) is 3.57. The third-order valence-corrected chi connectivity index (χ3v) is 5.89. The van der Waals surface area contributed by atoms with Gasteiger partial charge in [-0.1, -0.05) is 11.6 Å². The van der Waals surface area contributed by atoms with Gasteiger partial charge in [0.2, 0.25) is 0 Å². The van der Waals surface area contributed by atoms with Crippen LogP contribution >= 0.6 is 11.6 Å². The van der Waals surface area contributed by atoms with Crippen LogP contribution in [0.3, 0.4) is 0 Å². The summed E-state index contributed by atoms with van der Waals surface area (Å²) in [5.74, 6) is 1.16. The molecule has 0 aliphatic rings. The van der Waals surface area contributed by atoms with Crippen LogP contribution in [0, 0.1) is 0 Å². The lowest BCUT2D eigenvalue weighted by molar-refractivity contribution is -0.119. The fourth-order valence-corrected chi connectivity index (χ4v) is 3.81. The van der Waals surface area contributed by atoms with Crippen LogP contribution in [0.2, 0.25) is 5.02 Å². The number of rotatable bonds is 11. The van der Waals surface area contributed by atoms with Crippen LogP contribution in [0.1, 0.15) is 11.7 Å². The third-order valence-electron chi connectivity index (χ3n) is 5.59. The molecule has 1 unspecified atom stereocenters. The highest BCUT2D eigenvalue weighted by Gasteiger charge is 2.37. The number of benzene rings is 2. The molecule has 6 N–H and O–H groups in total. The summed E-state index contributed by atoms with van der Waals surface area (Å²) in [5.41, 5.74) is 0.697. The Morgan fingerprint density at radius 2 is 1.58 bits per heavy atom. The highest BCUT2D eigenvalue weighted by Crippen LogP contribution is 2.40. The predicted octanol–water partition coefficient (Wildman–Crippen LogP) is 1.50. The van der Waals surface area contributed by atoms with E-state index in [0.29, 0.717) is 38.9 Å². The number of aliphatic hydroxyl groups excluding tert-OH is 5. The minimum Gasteiger partial charge on any atom is -0.496 e. The van der Waals surface area contributed by atoms with E-state index in [1.54, 1.807) is 12.1 Å². The van der Waals surface area contributed by atoms with Crippen LogP contribution in [0.4, 0.5) is 15.9 Å². The standard InChI is InChI=1S/C23H27ClFN3O8/c1-34-16-5-10-13(4-11(16)20(31)19(25)22(33)21(32)15(30)8-29)26-9-27-23(10)28-14-7-17(35-2)12(24)6-18(14)36-3/h4-7,9,15,19-22,29-33H,8H2,1-3H3,(H,26,27,28)/t15-,19-,20?,21+,22+/m1/s1. The molecule has 5 atom stereocenters. The van der Waals surface area contributed by atoms with Crippen molar-refractivity contribution in [1.82, 2.24) is 9.97 Å². The van der Waals surface area contributed by atoms with E-state index >= 15 is 0 Å². The maximum absolute atomic E-state index is 14.9. The molecule has 11 nitrogen and oxygen atoms in total. The van der Waals surface area contributed by atoms with Crippen LogP contribution < -0.4 is 19.5 Å². The van der Waals surface area contributed by atoms with E-state index in [4.69, 9.17) is 30.9 Å². The third kappa shape index (κ3) is 5.53. The molecule has 0 saturated carbocycles. The van der Waals surface area contributed by atoms with Crippen molar-refractivity contribution < 1.29 is 44.1 Å². The molecule has 36 heavy (non-hydrogen) atoms. The van der Waals surface area contributed by atoms with Crippen LogP contribution in [-0.4, -0.2) is 87.9 Å². The zero-order valence-corrected chi connectivity index (χ0v) is 20.3. The normalized spacial score (nSPS) is 15.6. The zero-order chi connectivity index (χ0) is 26.6. The number of hydrogen-bond donors (Lipinski definition) is 6. The molecule has 3 aromatic rings. The number of fused-ring (bicyclic) bond motifs is 1. The maximum Gasteiger partial charge on any atom is 0.159 e. The molecule has 0 saturated heterocycles. The lowest BCUT2D eigenvalue weighted by Crippen LogP contribution is -2.46. The van der Waals surface area contributed by atoms with Gasteiger partial charge in [-0.2, -0.15) is 0 Å². The van der Waals surface area contributed by atoms with Crippen molar-refractivity contribution in [1.29, 1.82) is 0 Å². The highest BCUT2D eigenvalue weighted by molar-refractivity contribution is 6.32. The molecular formula is C23H27ClFN3O8. The van der Waals surface area contributed by atoms with Crippen molar-refractivity contribution in [2.45, 2.75) is 30.6 Å². The Morgan fingerprint density at radius 3 is 2.19 bits per heavy atom. The van der Waals surface area contributed by atoms with Crippen molar-refractivity contribution in [2.75, 3.05) is 33.3 Å².